The molecule has 2 fully saturated rings. The van der Waals surface area contributed by atoms with Gasteiger partial charge >= 0.3 is 6.61 Å². The van der Waals surface area contributed by atoms with E-state index in [4.69, 9.17) is 10.1 Å². The van der Waals surface area contributed by atoms with Crippen LogP contribution in [-0.4, -0.2) is 56.6 Å². The molecule has 2 aliphatic heterocycles. The number of aryl methyl sites for hydroxylation is 1. The van der Waals surface area contributed by atoms with Crippen LogP contribution in [0.25, 0.3) is 16.6 Å². The molecule has 1 N–H and O–H groups in total. The molecule has 2 aliphatic rings. The molecular weight excluding hydrogens is 504 g/mol. The fraction of sp³-hybridized carbons (Fsp3) is 0.429. The summed E-state index contributed by atoms with van der Waals surface area (Å²) >= 11 is 0. The number of carbonyl (C=O) groups is 1. The number of nitrogens with one attached hydrogen (secondary N) is 1. The summed E-state index contributed by atoms with van der Waals surface area (Å²) in [5, 5.41) is 14.7. The summed E-state index contributed by atoms with van der Waals surface area (Å²) < 4.78 is 32.2. The number of ether oxygens (including phenoxy) is 1. The van der Waals surface area contributed by atoms with Crippen LogP contribution in [-0.2, 0) is 0 Å². The van der Waals surface area contributed by atoms with Crippen LogP contribution < -0.4 is 9.64 Å². The topological polar surface area (TPSA) is 103 Å². The fourth-order valence-corrected chi connectivity index (χ4v) is 5.89. The molecule has 9 nitrogen and oxygen atoms in total. The van der Waals surface area contributed by atoms with Gasteiger partial charge in [-0.1, -0.05) is 13.0 Å². The highest BCUT2D eigenvalue weighted by Gasteiger charge is 2.33. The van der Waals surface area contributed by atoms with Crippen molar-refractivity contribution in [1.82, 2.24) is 24.5 Å². The molecule has 4 aromatic rings. The lowest BCUT2D eigenvalue weighted by atomic mass is 9.99. The van der Waals surface area contributed by atoms with Crippen LogP contribution in [0.2, 0.25) is 0 Å². The quantitative estimate of drug-likeness (QED) is 0.384. The van der Waals surface area contributed by atoms with Crippen LogP contribution in [0.3, 0.4) is 0 Å². The molecule has 0 aliphatic carbocycles. The SMILES string of the molecule is Cc1cn2nc([C@@H]3CCCCN3C(=O)c3cc4c(OC(F)F)cccc4[nH]3)cc2nc1N1C[C@@H](C#N)[C@@H](C)C1. The maximum Gasteiger partial charge on any atom is 0.387 e. The Kier molecular flexibility index (Phi) is 6.33. The molecule has 0 unspecified atom stereocenters. The highest BCUT2D eigenvalue weighted by molar-refractivity contribution is 6.00. The zero-order valence-corrected chi connectivity index (χ0v) is 21.8. The number of hydrogen-bond donors (Lipinski definition) is 1. The number of carbonyl (C=O) groups excluding carboxylic acids is 1. The van der Waals surface area contributed by atoms with E-state index in [-0.39, 0.29) is 29.5 Å². The van der Waals surface area contributed by atoms with E-state index in [0.29, 0.717) is 35.3 Å². The van der Waals surface area contributed by atoms with Gasteiger partial charge in [0.05, 0.1) is 23.7 Å². The molecule has 1 amide bonds. The maximum atomic E-state index is 13.7. The minimum Gasteiger partial charge on any atom is -0.434 e. The lowest BCUT2D eigenvalue weighted by Crippen LogP contribution is -2.38. The van der Waals surface area contributed by atoms with Crippen molar-refractivity contribution in [2.75, 3.05) is 24.5 Å². The largest absolute Gasteiger partial charge is 0.434 e. The van der Waals surface area contributed by atoms with Gasteiger partial charge in [0.1, 0.15) is 17.3 Å². The van der Waals surface area contributed by atoms with E-state index >= 15 is 0 Å². The molecule has 5 heterocycles. The van der Waals surface area contributed by atoms with Gasteiger partial charge in [0.2, 0.25) is 0 Å². The number of alkyl halides is 2. The fourth-order valence-electron chi connectivity index (χ4n) is 5.89. The van der Waals surface area contributed by atoms with Crippen molar-refractivity contribution in [3.05, 3.63) is 53.5 Å². The van der Waals surface area contributed by atoms with Gasteiger partial charge in [-0.2, -0.15) is 19.1 Å². The van der Waals surface area contributed by atoms with Gasteiger partial charge in [-0.25, -0.2) is 9.50 Å². The van der Waals surface area contributed by atoms with E-state index in [2.05, 4.69) is 27.6 Å². The number of amides is 1. The normalized spacial score (nSPS) is 21.7. The summed E-state index contributed by atoms with van der Waals surface area (Å²) in [4.78, 5) is 25.6. The molecule has 1 aromatic carbocycles. The summed E-state index contributed by atoms with van der Waals surface area (Å²) in [6, 6.07) is 10.5. The van der Waals surface area contributed by atoms with Gasteiger partial charge in [-0.15, -0.1) is 0 Å². The third-order valence-electron chi connectivity index (χ3n) is 7.88. The molecular formula is C28H29F2N7O2. The molecule has 202 valence electrons. The van der Waals surface area contributed by atoms with Crippen LogP contribution in [0, 0.1) is 30.1 Å². The number of likely N-dealkylation sites (tertiary alicyclic amines) is 1. The first-order valence-electron chi connectivity index (χ1n) is 13.2. The number of piperidine rings is 1. The molecule has 3 atom stereocenters. The van der Waals surface area contributed by atoms with Gasteiger partial charge in [-0.3, -0.25) is 4.79 Å². The molecule has 39 heavy (non-hydrogen) atoms. The Labute approximate surface area is 224 Å². The monoisotopic (exact) mass is 533 g/mol. The number of hydrogen-bond acceptors (Lipinski definition) is 6. The van der Waals surface area contributed by atoms with Crippen LogP contribution in [0.15, 0.2) is 36.5 Å². The zero-order valence-electron chi connectivity index (χ0n) is 21.8. The number of aromatic amines is 1. The Morgan fingerprint density at radius 3 is 2.87 bits per heavy atom. The minimum atomic E-state index is -2.95. The maximum absolute atomic E-state index is 13.7. The van der Waals surface area contributed by atoms with E-state index in [1.807, 2.05) is 19.2 Å². The lowest BCUT2D eigenvalue weighted by Gasteiger charge is -2.34. The van der Waals surface area contributed by atoms with E-state index in [1.54, 1.807) is 27.6 Å². The van der Waals surface area contributed by atoms with Crippen molar-refractivity contribution >= 4 is 28.3 Å². The van der Waals surface area contributed by atoms with Crippen LogP contribution in [0.4, 0.5) is 14.6 Å². The summed E-state index contributed by atoms with van der Waals surface area (Å²) in [5.41, 5.74) is 3.29. The number of aromatic nitrogens is 4. The summed E-state index contributed by atoms with van der Waals surface area (Å²) in [6.45, 7) is 3.13. The predicted molar refractivity (Wildman–Crippen MR) is 141 cm³/mol. The van der Waals surface area contributed by atoms with Crippen LogP contribution in [0.5, 0.6) is 5.75 Å². The second-order valence-electron chi connectivity index (χ2n) is 10.5. The first-order valence-corrected chi connectivity index (χ1v) is 13.2. The Hall–Kier alpha value is -4.20. The van der Waals surface area contributed by atoms with Gasteiger partial charge in [0.15, 0.2) is 5.65 Å². The Balaban J connectivity index is 1.30. The Morgan fingerprint density at radius 1 is 1.26 bits per heavy atom. The second-order valence-corrected chi connectivity index (χ2v) is 10.5. The number of anilines is 1. The van der Waals surface area contributed by atoms with Crippen molar-refractivity contribution in [3.63, 3.8) is 0 Å². The second kappa shape index (κ2) is 9.84. The molecule has 11 heteroatoms. The number of rotatable bonds is 5. The highest BCUT2D eigenvalue weighted by Crippen LogP contribution is 2.35. The average molecular weight is 534 g/mol. The number of H-pyrrole nitrogens is 1. The predicted octanol–water partition coefficient (Wildman–Crippen LogP) is 5.08. The molecule has 0 radical (unpaired) electrons. The van der Waals surface area contributed by atoms with E-state index in [1.165, 1.54) is 6.07 Å². The smallest absolute Gasteiger partial charge is 0.387 e. The van der Waals surface area contributed by atoms with Gasteiger partial charge in [-0.05, 0) is 50.3 Å². The molecule has 2 saturated heterocycles. The Bertz CT molecular complexity index is 1590. The molecule has 6 rings (SSSR count). The number of nitrogens with zero attached hydrogens (tertiary/aromatic N) is 6. The van der Waals surface area contributed by atoms with Gasteiger partial charge in [0, 0.05) is 48.4 Å². The summed E-state index contributed by atoms with van der Waals surface area (Å²) in [5.74, 6) is 0.924. The lowest BCUT2D eigenvalue weighted by molar-refractivity contribution is -0.0487. The van der Waals surface area contributed by atoms with E-state index in [0.717, 1.165) is 42.9 Å². The van der Waals surface area contributed by atoms with Crippen molar-refractivity contribution in [3.8, 4) is 11.8 Å². The average Bonchev–Trinajstić information content (AvgIpc) is 3.64. The Morgan fingerprint density at radius 2 is 2.10 bits per heavy atom. The van der Waals surface area contributed by atoms with Crippen molar-refractivity contribution in [2.24, 2.45) is 11.8 Å². The first kappa shape index (κ1) is 25.1. The van der Waals surface area contributed by atoms with Gasteiger partial charge in [0.25, 0.3) is 5.91 Å². The standard InChI is InChI=1S/C28H29F2N7O2/c1-16-13-35(15-18(16)12-31)26-17(2)14-37-25(33-26)11-21(34-37)23-7-3-4-9-36(23)27(38)22-10-19-20(32-22)6-5-8-24(19)39-28(29)30/h5-6,8,10-11,14,16,18,23,28,32H,3-4,7,9,13,15H2,1-2H3/t16-,18+,23-/m0/s1. The molecule has 0 bridgehead atoms. The third-order valence-corrected chi connectivity index (χ3v) is 7.88. The van der Waals surface area contributed by atoms with Crippen LogP contribution >= 0.6 is 0 Å². The number of nitriles is 1. The summed E-state index contributed by atoms with van der Waals surface area (Å²) in [7, 11) is 0. The van der Waals surface area contributed by atoms with Gasteiger partial charge < -0.3 is 19.5 Å². The summed E-state index contributed by atoms with van der Waals surface area (Å²) in [6.07, 6.45) is 4.53. The highest BCUT2D eigenvalue weighted by atomic mass is 19.3. The molecule has 0 saturated carbocycles. The van der Waals surface area contributed by atoms with Crippen molar-refractivity contribution < 1.29 is 18.3 Å². The molecule has 3 aromatic heterocycles. The minimum absolute atomic E-state index is 0.0210. The van der Waals surface area contributed by atoms with E-state index in [9.17, 15) is 18.8 Å². The number of benzene rings is 1. The third kappa shape index (κ3) is 4.54. The first-order chi connectivity index (χ1) is 18.8. The molecule has 0 spiro atoms. The van der Waals surface area contributed by atoms with Crippen molar-refractivity contribution in [2.45, 2.75) is 45.8 Å². The van der Waals surface area contributed by atoms with Crippen molar-refractivity contribution in [1.29, 1.82) is 5.26 Å². The zero-order chi connectivity index (χ0) is 27.3. The van der Waals surface area contributed by atoms with E-state index < -0.39 is 6.61 Å². The number of fused-ring (bicyclic) bond motifs is 2. The number of halogens is 2. The van der Waals surface area contributed by atoms with Crippen LogP contribution in [0.1, 0.15) is 54.0 Å².